The molecule has 0 aromatic heterocycles. The van der Waals surface area contributed by atoms with E-state index in [4.69, 9.17) is 11.6 Å². The van der Waals surface area contributed by atoms with E-state index in [-0.39, 0.29) is 22.9 Å². The first-order valence-corrected chi connectivity index (χ1v) is 12.4. The van der Waals surface area contributed by atoms with Gasteiger partial charge in [0.2, 0.25) is 10.0 Å². The van der Waals surface area contributed by atoms with Gasteiger partial charge < -0.3 is 0 Å². The summed E-state index contributed by atoms with van der Waals surface area (Å²) in [6, 6.07) is 11.6. The van der Waals surface area contributed by atoms with Crippen molar-refractivity contribution in [3.63, 3.8) is 0 Å². The number of amides is 2. The molecule has 0 aliphatic carbocycles. The van der Waals surface area contributed by atoms with Gasteiger partial charge in [0.25, 0.3) is 11.1 Å². The van der Waals surface area contributed by atoms with E-state index < -0.39 is 21.2 Å². The third-order valence-electron chi connectivity index (χ3n) is 3.85. The van der Waals surface area contributed by atoms with Crippen molar-refractivity contribution in [3.05, 3.63) is 66.9 Å². The highest BCUT2D eigenvalue weighted by molar-refractivity contribution is 9.11. The number of sulfonamides is 1. The van der Waals surface area contributed by atoms with E-state index in [1.165, 1.54) is 6.07 Å². The van der Waals surface area contributed by atoms with Gasteiger partial charge in [0, 0.05) is 27.1 Å². The van der Waals surface area contributed by atoms with Crippen molar-refractivity contribution in [1.29, 1.82) is 0 Å². The van der Waals surface area contributed by atoms with Gasteiger partial charge in [-0.15, -0.1) is 0 Å². The van der Waals surface area contributed by atoms with Crippen LogP contribution in [0.3, 0.4) is 0 Å². The Kier molecular flexibility index (Phi) is 7.23. The van der Waals surface area contributed by atoms with Gasteiger partial charge in [0.1, 0.15) is 0 Å². The van der Waals surface area contributed by atoms with Crippen molar-refractivity contribution < 1.29 is 18.0 Å². The van der Waals surface area contributed by atoms with E-state index in [1.54, 1.807) is 42.5 Å². The van der Waals surface area contributed by atoms with Crippen molar-refractivity contribution in [2.75, 3.05) is 13.1 Å². The molecule has 0 unspecified atom stereocenters. The van der Waals surface area contributed by atoms with Crippen LogP contribution in [0.1, 0.15) is 5.56 Å². The Labute approximate surface area is 194 Å². The van der Waals surface area contributed by atoms with Gasteiger partial charge in [-0.25, -0.2) is 13.1 Å². The minimum atomic E-state index is -3.82. The second kappa shape index (κ2) is 9.32. The van der Waals surface area contributed by atoms with Crippen molar-refractivity contribution >= 4 is 82.5 Å². The highest BCUT2D eigenvalue weighted by Crippen LogP contribution is 2.32. The maximum Gasteiger partial charge on any atom is 0.293 e. The third kappa shape index (κ3) is 5.50. The number of nitrogens with one attached hydrogen (secondary N) is 1. The molecule has 0 spiro atoms. The van der Waals surface area contributed by atoms with Crippen molar-refractivity contribution in [2.24, 2.45) is 0 Å². The van der Waals surface area contributed by atoms with Crippen LogP contribution >= 0.6 is 55.2 Å². The Hall–Kier alpha value is -1.17. The largest absolute Gasteiger partial charge is 0.293 e. The summed E-state index contributed by atoms with van der Waals surface area (Å²) in [6.07, 6.45) is 1.60. The minimum absolute atomic E-state index is 0.0589. The van der Waals surface area contributed by atoms with Gasteiger partial charge in [-0.1, -0.05) is 39.7 Å². The first-order chi connectivity index (χ1) is 13.7. The fraction of sp³-hybridized carbons (Fsp3) is 0.111. The summed E-state index contributed by atoms with van der Waals surface area (Å²) < 4.78 is 28.4. The molecule has 1 fully saturated rings. The summed E-state index contributed by atoms with van der Waals surface area (Å²) in [4.78, 5) is 26.0. The molecule has 2 aromatic carbocycles. The van der Waals surface area contributed by atoms with Gasteiger partial charge in [0.05, 0.1) is 9.80 Å². The molecule has 11 heteroatoms. The fourth-order valence-corrected chi connectivity index (χ4v) is 5.97. The number of thioether (sulfide) groups is 1. The zero-order chi connectivity index (χ0) is 21.2. The summed E-state index contributed by atoms with van der Waals surface area (Å²) >= 11 is 13.1. The van der Waals surface area contributed by atoms with Crippen LogP contribution < -0.4 is 4.72 Å². The molecule has 3 rings (SSSR count). The molecule has 2 aromatic rings. The van der Waals surface area contributed by atoms with Gasteiger partial charge >= 0.3 is 0 Å². The predicted molar refractivity (Wildman–Crippen MR) is 121 cm³/mol. The highest BCUT2D eigenvalue weighted by atomic mass is 79.9. The number of hydrogen-bond acceptors (Lipinski definition) is 5. The topological polar surface area (TPSA) is 83.6 Å². The standard InChI is InChI=1S/C18H13Br2ClN2O4S2/c19-12-3-6-14(20)16(10-12)29(26,27)22-7-8-23-17(24)15(28-18(23)25)9-11-1-4-13(21)5-2-11/h1-6,9-10,22H,7-8H2/b15-9+. The van der Waals surface area contributed by atoms with Crippen LogP contribution in [-0.4, -0.2) is 37.6 Å². The average Bonchev–Trinajstić information content (AvgIpc) is 2.92. The quantitative estimate of drug-likeness (QED) is 0.493. The SMILES string of the molecule is O=C1S/C(=C/c2ccc(Cl)cc2)C(=O)N1CCNS(=O)(=O)c1cc(Br)ccc1Br. The average molecular weight is 581 g/mol. The molecule has 0 saturated carbocycles. The molecule has 0 bridgehead atoms. The van der Waals surface area contributed by atoms with Crippen molar-refractivity contribution in [3.8, 4) is 0 Å². The minimum Gasteiger partial charge on any atom is -0.268 e. The summed E-state index contributed by atoms with van der Waals surface area (Å²) in [6.45, 7) is -0.180. The molecule has 0 radical (unpaired) electrons. The second-order valence-corrected chi connectivity index (χ2v) is 10.8. The zero-order valence-electron chi connectivity index (χ0n) is 14.6. The van der Waals surface area contributed by atoms with Crippen LogP contribution in [0.4, 0.5) is 4.79 Å². The molecule has 1 N–H and O–H groups in total. The van der Waals surface area contributed by atoms with E-state index in [1.807, 2.05) is 0 Å². The van der Waals surface area contributed by atoms with Crippen LogP contribution in [0.25, 0.3) is 6.08 Å². The monoisotopic (exact) mass is 578 g/mol. The molecular weight excluding hydrogens is 568 g/mol. The maximum absolute atomic E-state index is 12.5. The summed E-state index contributed by atoms with van der Waals surface area (Å²) in [7, 11) is -3.82. The summed E-state index contributed by atoms with van der Waals surface area (Å²) in [5.41, 5.74) is 0.736. The van der Waals surface area contributed by atoms with E-state index in [0.717, 1.165) is 22.2 Å². The van der Waals surface area contributed by atoms with Crippen LogP contribution in [0.2, 0.25) is 5.02 Å². The Bertz CT molecular complexity index is 1110. The lowest BCUT2D eigenvalue weighted by Crippen LogP contribution is -2.37. The van der Waals surface area contributed by atoms with Crippen LogP contribution in [0, 0.1) is 0 Å². The molecule has 1 aliphatic rings. The van der Waals surface area contributed by atoms with E-state index >= 15 is 0 Å². The number of rotatable bonds is 6. The third-order valence-corrected chi connectivity index (χ3v) is 7.96. The van der Waals surface area contributed by atoms with E-state index in [2.05, 4.69) is 36.6 Å². The van der Waals surface area contributed by atoms with Crippen molar-refractivity contribution in [1.82, 2.24) is 9.62 Å². The molecule has 1 heterocycles. The van der Waals surface area contributed by atoms with Crippen LogP contribution in [-0.2, 0) is 14.8 Å². The Morgan fingerprint density at radius 2 is 1.79 bits per heavy atom. The summed E-state index contributed by atoms with van der Waals surface area (Å²) in [5, 5.41) is 0.123. The number of halogens is 3. The Morgan fingerprint density at radius 3 is 2.48 bits per heavy atom. The smallest absolute Gasteiger partial charge is 0.268 e. The van der Waals surface area contributed by atoms with E-state index in [9.17, 15) is 18.0 Å². The molecular formula is C18H13Br2ClN2O4S2. The zero-order valence-corrected chi connectivity index (χ0v) is 20.1. The number of benzene rings is 2. The molecule has 29 heavy (non-hydrogen) atoms. The van der Waals surface area contributed by atoms with Crippen LogP contribution in [0.15, 0.2) is 61.2 Å². The Morgan fingerprint density at radius 1 is 1.10 bits per heavy atom. The molecule has 1 aliphatic heterocycles. The predicted octanol–water partition coefficient (Wildman–Crippen LogP) is 4.88. The molecule has 6 nitrogen and oxygen atoms in total. The molecule has 0 atom stereocenters. The number of carbonyl (C=O) groups is 2. The number of carbonyl (C=O) groups excluding carboxylic acids is 2. The first kappa shape index (κ1) is 22.5. The lowest BCUT2D eigenvalue weighted by molar-refractivity contribution is -0.122. The lowest BCUT2D eigenvalue weighted by Gasteiger charge is -2.14. The number of imide groups is 1. The van der Waals surface area contributed by atoms with E-state index in [0.29, 0.717) is 14.0 Å². The normalized spacial score (nSPS) is 16.1. The van der Waals surface area contributed by atoms with Crippen LogP contribution in [0.5, 0.6) is 0 Å². The second-order valence-electron chi connectivity index (χ2n) is 5.86. The fourth-order valence-electron chi connectivity index (χ4n) is 2.46. The number of nitrogens with zero attached hydrogens (tertiary/aromatic N) is 1. The molecule has 1 saturated heterocycles. The molecule has 2 amide bonds. The van der Waals surface area contributed by atoms with Crippen molar-refractivity contribution in [2.45, 2.75) is 4.90 Å². The molecule has 152 valence electrons. The highest BCUT2D eigenvalue weighted by Gasteiger charge is 2.34. The van der Waals surface area contributed by atoms with Gasteiger partial charge in [-0.2, -0.15) is 0 Å². The first-order valence-electron chi connectivity index (χ1n) is 8.13. The van der Waals surface area contributed by atoms with Gasteiger partial charge in [0.15, 0.2) is 0 Å². The maximum atomic E-state index is 12.5. The summed E-state index contributed by atoms with van der Waals surface area (Å²) in [5.74, 6) is -0.460. The number of hydrogen-bond donors (Lipinski definition) is 1. The lowest BCUT2D eigenvalue weighted by atomic mass is 10.2. The van der Waals surface area contributed by atoms with Gasteiger partial charge in [-0.3, -0.25) is 14.5 Å². The Balaban J connectivity index is 1.66. The van der Waals surface area contributed by atoms with Gasteiger partial charge in [-0.05, 0) is 69.7 Å².